The van der Waals surface area contributed by atoms with Gasteiger partial charge in [0.15, 0.2) is 12.0 Å². The first-order valence-electron chi connectivity index (χ1n) is 3.96. The van der Waals surface area contributed by atoms with Crippen LogP contribution >= 0.6 is 22.6 Å². The third-order valence-corrected chi connectivity index (χ3v) is 2.38. The van der Waals surface area contributed by atoms with Crippen LogP contribution in [-0.4, -0.2) is 9.97 Å². The summed E-state index contributed by atoms with van der Waals surface area (Å²) in [7, 11) is 0. The maximum Gasteiger partial charge on any atom is 0.182 e. The molecule has 2 rings (SSSR count). The zero-order valence-electron chi connectivity index (χ0n) is 7.41. The van der Waals surface area contributed by atoms with E-state index in [1.807, 2.05) is 6.07 Å². The van der Waals surface area contributed by atoms with Gasteiger partial charge in [0.05, 0.1) is 15.3 Å². The Labute approximate surface area is 89.7 Å². The number of pyridine rings is 1. The predicted molar refractivity (Wildman–Crippen MR) is 58.9 cm³/mol. The number of aromatic nitrogens is 2. The molecule has 0 radical (unpaired) electrons. The summed E-state index contributed by atoms with van der Waals surface area (Å²) in [5.41, 5.74) is 2.62. The molecule has 0 spiro atoms. The average Bonchev–Trinajstić information content (AvgIpc) is 2.47. The van der Waals surface area contributed by atoms with E-state index < -0.39 is 0 Å². The molecule has 0 saturated carbocycles. The van der Waals surface area contributed by atoms with Crippen molar-refractivity contribution in [1.82, 2.24) is 9.97 Å². The number of hydrogen-bond donors (Lipinski definition) is 0. The molecule has 0 aromatic carbocycles. The molecule has 2 aromatic heterocycles. The highest BCUT2D eigenvalue weighted by molar-refractivity contribution is 14.1. The van der Waals surface area contributed by atoms with Gasteiger partial charge in [-0.05, 0) is 13.8 Å². The second-order valence-electron chi connectivity index (χ2n) is 3.36. The Balaban J connectivity index is 2.61. The molecular weight excluding hydrogens is 279 g/mol. The highest BCUT2D eigenvalue weighted by Gasteiger charge is 2.18. The van der Waals surface area contributed by atoms with Crippen molar-refractivity contribution in [3.63, 3.8) is 0 Å². The molecule has 0 aliphatic carbocycles. The first kappa shape index (κ1) is 8.93. The lowest BCUT2D eigenvalue weighted by Gasteiger charge is -2.14. The minimum Gasteiger partial charge on any atom is -0.443 e. The number of rotatable bonds is 1. The lowest BCUT2D eigenvalue weighted by Crippen LogP contribution is -2.08. The quantitative estimate of drug-likeness (QED) is 0.598. The highest BCUT2D eigenvalue weighted by atomic mass is 127. The summed E-state index contributed by atoms with van der Waals surface area (Å²) in [6, 6.07) is 1.94. The standard InChI is InChI=1S/C9H9IN2O/c1-9(2,10)8-3-7-6(4-11-8)12-5-13-7/h3-5H,1-2H3. The van der Waals surface area contributed by atoms with Crippen LogP contribution in [0.1, 0.15) is 19.5 Å². The van der Waals surface area contributed by atoms with Crippen molar-refractivity contribution in [3.05, 3.63) is 24.4 Å². The molecule has 0 fully saturated rings. The summed E-state index contributed by atoms with van der Waals surface area (Å²) in [4.78, 5) is 8.33. The summed E-state index contributed by atoms with van der Waals surface area (Å²) in [6.07, 6.45) is 3.19. The molecule has 0 atom stereocenters. The Morgan fingerprint density at radius 1 is 1.38 bits per heavy atom. The lowest BCUT2D eigenvalue weighted by atomic mass is 10.1. The van der Waals surface area contributed by atoms with Crippen LogP contribution in [-0.2, 0) is 3.42 Å². The highest BCUT2D eigenvalue weighted by Crippen LogP contribution is 2.30. The molecule has 0 aliphatic rings. The van der Waals surface area contributed by atoms with Crippen LogP contribution in [0.2, 0.25) is 0 Å². The summed E-state index contributed by atoms with van der Waals surface area (Å²) in [5, 5.41) is 0. The molecule has 0 N–H and O–H groups in total. The summed E-state index contributed by atoms with van der Waals surface area (Å²) < 4.78 is 5.23. The van der Waals surface area contributed by atoms with Gasteiger partial charge < -0.3 is 4.42 Å². The molecule has 0 bridgehead atoms. The molecule has 0 aliphatic heterocycles. The van der Waals surface area contributed by atoms with Crippen LogP contribution in [0.25, 0.3) is 11.1 Å². The van der Waals surface area contributed by atoms with Gasteiger partial charge in [0.1, 0.15) is 5.52 Å². The van der Waals surface area contributed by atoms with Crippen LogP contribution in [0, 0.1) is 0 Å². The van der Waals surface area contributed by atoms with Crippen molar-refractivity contribution >= 4 is 33.7 Å². The van der Waals surface area contributed by atoms with E-state index in [-0.39, 0.29) is 3.42 Å². The second-order valence-corrected chi connectivity index (χ2v) is 6.06. The summed E-state index contributed by atoms with van der Waals surface area (Å²) >= 11 is 2.35. The van der Waals surface area contributed by atoms with Gasteiger partial charge in [-0.3, -0.25) is 4.98 Å². The number of alkyl halides is 1. The fraction of sp³-hybridized carbons (Fsp3) is 0.333. The van der Waals surface area contributed by atoms with Gasteiger partial charge in [-0.2, -0.15) is 0 Å². The van der Waals surface area contributed by atoms with Crippen LogP contribution in [0.3, 0.4) is 0 Å². The average molecular weight is 288 g/mol. The smallest absolute Gasteiger partial charge is 0.182 e. The lowest BCUT2D eigenvalue weighted by molar-refractivity contribution is 0.600. The molecular formula is C9H9IN2O. The van der Waals surface area contributed by atoms with Crippen molar-refractivity contribution in [2.24, 2.45) is 0 Å². The molecule has 0 unspecified atom stereocenters. The van der Waals surface area contributed by atoms with E-state index in [9.17, 15) is 0 Å². The zero-order chi connectivity index (χ0) is 9.47. The van der Waals surface area contributed by atoms with E-state index in [1.54, 1.807) is 6.20 Å². The predicted octanol–water partition coefficient (Wildman–Crippen LogP) is 2.89. The van der Waals surface area contributed by atoms with Crippen LogP contribution < -0.4 is 0 Å². The summed E-state index contributed by atoms with van der Waals surface area (Å²) in [5.74, 6) is 0. The number of nitrogens with zero attached hydrogens (tertiary/aromatic N) is 2. The van der Waals surface area contributed by atoms with Gasteiger partial charge in [0.25, 0.3) is 0 Å². The molecule has 4 heteroatoms. The van der Waals surface area contributed by atoms with Gasteiger partial charge in [0.2, 0.25) is 0 Å². The molecule has 0 saturated heterocycles. The summed E-state index contributed by atoms with van der Waals surface area (Å²) in [6.45, 7) is 4.22. The fourth-order valence-electron chi connectivity index (χ4n) is 1.09. The molecule has 0 amide bonds. The second kappa shape index (κ2) is 2.94. The van der Waals surface area contributed by atoms with Gasteiger partial charge in [-0.1, -0.05) is 22.6 Å². The number of hydrogen-bond acceptors (Lipinski definition) is 3. The molecule has 2 aromatic rings. The van der Waals surface area contributed by atoms with Crippen molar-refractivity contribution in [3.8, 4) is 0 Å². The van der Waals surface area contributed by atoms with Gasteiger partial charge in [0, 0.05) is 6.07 Å². The van der Waals surface area contributed by atoms with E-state index in [2.05, 4.69) is 46.4 Å². The Morgan fingerprint density at radius 3 is 2.85 bits per heavy atom. The Hall–Kier alpha value is -0.650. The van der Waals surface area contributed by atoms with E-state index >= 15 is 0 Å². The Bertz CT molecular complexity index is 430. The van der Waals surface area contributed by atoms with Gasteiger partial charge >= 0.3 is 0 Å². The van der Waals surface area contributed by atoms with Gasteiger partial charge in [-0.25, -0.2) is 4.98 Å². The molecule has 3 nitrogen and oxygen atoms in total. The minimum atomic E-state index is 0.0265. The molecule has 2 heterocycles. The van der Waals surface area contributed by atoms with Gasteiger partial charge in [-0.15, -0.1) is 0 Å². The first-order valence-corrected chi connectivity index (χ1v) is 5.04. The number of fused-ring (bicyclic) bond motifs is 1. The fourth-order valence-corrected chi connectivity index (χ4v) is 1.38. The normalized spacial score (nSPS) is 12.2. The third-order valence-electron chi connectivity index (χ3n) is 1.83. The monoisotopic (exact) mass is 288 g/mol. The number of oxazole rings is 1. The first-order chi connectivity index (χ1) is 6.07. The maximum absolute atomic E-state index is 5.20. The van der Waals surface area contributed by atoms with Crippen LogP contribution in [0.15, 0.2) is 23.1 Å². The van der Waals surface area contributed by atoms with E-state index in [0.29, 0.717) is 0 Å². The number of halogens is 1. The van der Waals surface area contributed by atoms with Crippen molar-refractivity contribution in [2.75, 3.05) is 0 Å². The van der Waals surface area contributed by atoms with E-state index in [1.165, 1.54) is 6.39 Å². The van der Waals surface area contributed by atoms with Crippen molar-refractivity contribution < 1.29 is 4.42 Å². The Morgan fingerprint density at radius 2 is 2.15 bits per heavy atom. The van der Waals surface area contributed by atoms with Crippen LogP contribution in [0.4, 0.5) is 0 Å². The van der Waals surface area contributed by atoms with Crippen molar-refractivity contribution in [1.29, 1.82) is 0 Å². The molecule has 68 valence electrons. The maximum atomic E-state index is 5.20. The Kier molecular flexibility index (Phi) is 2.02. The van der Waals surface area contributed by atoms with E-state index in [4.69, 9.17) is 4.42 Å². The largest absolute Gasteiger partial charge is 0.443 e. The van der Waals surface area contributed by atoms with E-state index in [0.717, 1.165) is 16.8 Å². The topological polar surface area (TPSA) is 38.9 Å². The van der Waals surface area contributed by atoms with Crippen molar-refractivity contribution in [2.45, 2.75) is 17.3 Å². The minimum absolute atomic E-state index is 0.0265. The van der Waals surface area contributed by atoms with Crippen LogP contribution in [0.5, 0.6) is 0 Å². The SMILES string of the molecule is CC(C)(I)c1cc2ocnc2cn1. The zero-order valence-corrected chi connectivity index (χ0v) is 9.57. The third kappa shape index (κ3) is 1.67. The molecule has 13 heavy (non-hydrogen) atoms.